The molecular formula is C16H27NO. The van der Waals surface area contributed by atoms with Gasteiger partial charge in [-0.05, 0) is 44.3 Å². The number of hydrogen-bond acceptors (Lipinski definition) is 2. The monoisotopic (exact) mass is 249 g/mol. The molecule has 0 atom stereocenters. The zero-order valence-corrected chi connectivity index (χ0v) is 11.6. The smallest absolute Gasteiger partial charge is 0.0558 e. The van der Waals surface area contributed by atoms with Gasteiger partial charge in [-0.25, -0.2) is 0 Å². The van der Waals surface area contributed by atoms with Crippen LogP contribution in [0.4, 0.5) is 0 Å². The summed E-state index contributed by atoms with van der Waals surface area (Å²) in [6.07, 6.45) is 6.09. The van der Waals surface area contributed by atoms with E-state index < -0.39 is 0 Å². The van der Waals surface area contributed by atoms with Crippen LogP contribution in [-0.2, 0) is 6.42 Å². The molecule has 0 aliphatic rings. The van der Waals surface area contributed by atoms with Gasteiger partial charge in [-0.2, -0.15) is 0 Å². The molecule has 102 valence electrons. The van der Waals surface area contributed by atoms with Crippen molar-refractivity contribution in [3.8, 4) is 0 Å². The molecule has 0 saturated carbocycles. The van der Waals surface area contributed by atoms with Crippen molar-refractivity contribution in [1.82, 2.24) is 4.90 Å². The first-order valence-corrected chi connectivity index (χ1v) is 7.24. The molecular weight excluding hydrogens is 222 g/mol. The van der Waals surface area contributed by atoms with Gasteiger partial charge in [0.05, 0.1) is 6.61 Å². The van der Waals surface area contributed by atoms with E-state index in [1.165, 1.54) is 37.7 Å². The Kier molecular flexibility index (Phi) is 8.53. The summed E-state index contributed by atoms with van der Waals surface area (Å²) in [5.41, 5.74) is 1.43. The normalized spacial score (nSPS) is 11.1. The molecule has 2 nitrogen and oxygen atoms in total. The maximum Gasteiger partial charge on any atom is 0.0558 e. The van der Waals surface area contributed by atoms with E-state index in [0.717, 1.165) is 19.6 Å². The Labute approximate surface area is 112 Å². The van der Waals surface area contributed by atoms with Gasteiger partial charge in [-0.3, -0.25) is 0 Å². The van der Waals surface area contributed by atoms with Gasteiger partial charge in [0.1, 0.15) is 0 Å². The van der Waals surface area contributed by atoms with Crippen LogP contribution in [0.5, 0.6) is 0 Å². The highest BCUT2D eigenvalue weighted by atomic mass is 16.3. The summed E-state index contributed by atoms with van der Waals surface area (Å²) in [6.45, 7) is 5.57. The number of nitrogens with zero attached hydrogens (tertiary/aromatic N) is 1. The van der Waals surface area contributed by atoms with Gasteiger partial charge >= 0.3 is 0 Å². The lowest BCUT2D eigenvalue weighted by molar-refractivity contribution is 0.191. The lowest BCUT2D eigenvalue weighted by atomic mass is 10.1. The number of benzene rings is 1. The highest BCUT2D eigenvalue weighted by molar-refractivity contribution is 5.14. The van der Waals surface area contributed by atoms with E-state index in [-0.39, 0.29) is 6.61 Å². The molecule has 1 N–H and O–H groups in total. The highest BCUT2D eigenvalue weighted by Gasteiger charge is 2.03. The Morgan fingerprint density at radius 3 is 2.33 bits per heavy atom. The molecule has 0 radical (unpaired) electrons. The van der Waals surface area contributed by atoms with Crippen LogP contribution in [0.1, 0.15) is 38.2 Å². The quantitative estimate of drug-likeness (QED) is 0.644. The van der Waals surface area contributed by atoms with E-state index in [2.05, 4.69) is 42.2 Å². The lowest BCUT2D eigenvalue weighted by Gasteiger charge is -2.20. The number of aliphatic hydroxyl groups excluding tert-OH is 1. The topological polar surface area (TPSA) is 23.5 Å². The van der Waals surface area contributed by atoms with Gasteiger partial charge in [-0.1, -0.05) is 43.7 Å². The minimum absolute atomic E-state index is 0.280. The molecule has 1 rings (SSSR count). The summed E-state index contributed by atoms with van der Waals surface area (Å²) in [5, 5.41) is 9.03. The summed E-state index contributed by atoms with van der Waals surface area (Å²) in [4.78, 5) is 2.38. The van der Waals surface area contributed by atoms with E-state index in [1.54, 1.807) is 0 Å². The van der Waals surface area contributed by atoms with Crippen LogP contribution in [0.2, 0.25) is 0 Å². The number of aryl methyl sites for hydroxylation is 1. The van der Waals surface area contributed by atoms with Crippen LogP contribution in [0, 0.1) is 0 Å². The first-order valence-electron chi connectivity index (χ1n) is 7.24. The predicted molar refractivity (Wildman–Crippen MR) is 77.8 cm³/mol. The molecule has 0 aliphatic heterocycles. The molecule has 0 heterocycles. The van der Waals surface area contributed by atoms with Gasteiger partial charge in [0, 0.05) is 6.54 Å². The maximum absolute atomic E-state index is 9.03. The average molecular weight is 249 g/mol. The third-order valence-electron chi connectivity index (χ3n) is 3.28. The lowest BCUT2D eigenvalue weighted by Crippen LogP contribution is -2.29. The Balaban J connectivity index is 2.14. The fourth-order valence-corrected chi connectivity index (χ4v) is 2.17. The number of hydrogen-bond donors (Lipinski definition) is 1. The van der Waals surface area contributed by atoms with Crippen molar-refractivity contribution in [3.63, 3.8) is 0 Å². The molecule has 1 aromatic carbocycles. The standard InChI is InChI=1S/C16H27NO/c1-2-3-12-17(14-15-18)13-8-7-11-16-9-5-4-6-10-16/h4-6,9-10,18H,2-3,7-8,11-15H2,1H3. The Morgan fingerprint density at radius 2 is 1.67 bits per heavy atom. The molecule has 0 aromatic heterocycles. The van der Waals surface area contributed by atoms with E-state index in [1.807, 2.05) is 0 Å². The van der Waals surface area contributed by atoms with Crippen LogP contribution < -0.4 is 0 Å². The summed E-state index contributed by atoms with van der Waals surface area (Å²) < 4.78 is 0. The van der Waals surface area contributed by atoms with Crippen molar-refractivity contribution in [2.45, 2.75) is 39.0 Å². The van der Waals surface area contributed by atoms with Crippen molar-refractivity contribution >= 4 is 0 Å². The molecule has 18 heavy (non-hydrogen) atoms. The largest absolute Gasteiger partial charge is 0.395 e. The second kappa shape index (κ2) is 10.1. The van der Waals surface area contributed by atoms with Crippen molar-refractivity contribution in [2.24, 2.45) is 0 Å². The summed E-state index contributed by atoms with van der Waals surface area (Å²) in [5.74, 6) is 0. The van der Waals surface area contributed by atoms with Gasteiger partial charge in [-0.15, -0.1) is 0 Å². The Hall–Kier alpha value is -0.860. The summed E-state index contributed by atoms with van der Waals surface area (Å²) in [6, 6.07) is 10.7. The van der Waals surface area contributed by atoms with Gasteiger partial charge < -0.3 is 10.0 Å². The minimum Gasteiger partial charge on any atom is -0.395 e. The van der Waals surface area contributed by atoms with E-state index in [4.69, 9.17) is 5.11 Å². The van der Waals surface area contributed by atoms with E-state index >= 15 is 0 Å². The van der Waals surface area contributed by atoms with E-state index in [9.17, 15) is 0 Å². The van der Waals surface area contributed by atoms with Crippen LogP contribution >= 0.6 is 0 Å². The van der Waals surface area contributed by atoms with Crippen molar-refractivity contribution in [1.29, 1.82) is 0 Å². The fourth-order valence-electron chi connectivity index (χ4n) is 2.17. The number of unbranched alkanes of at least 4 members (excludes halogenated alkanes) is 2. The zero-order chi connectivity index (χ0) is 13.1. The van der Waals surface area contributed by atoms with Crippen LogP contribution in [0.3, 0.4) is 0 Å². The zero-order valence-electron chi connectivity index (χ0n) is 11.6. The molecule has 0 amide bonds. The molecule has 2 heteroatoms. The first-order chi connectivity index (χ1) is 8.86. The third kappa shape index (κ3) is 6.77. The molecule has 0 fully saturated rings. The summed E-state index contributed by atoms with van der Waals surface area (Å²) in [7, 11) is 0. The fraction of sp³-hybridized carbons (Fsp3) is 0.625. The number of rotatable bonds is 10. The first kappa shape index (κ1) is 15.2. The SMILES string of the molecule is CCCCN(CCO)CCCCc1ccccc1. The van der Waals surface area contributed by atoms with Crippen molar-refractivity contribution < 1.29 is 5.11 Å². The predicted octanol–water partition coefficient (Wildman–Crippen LogP) is 3.10. The van der Waals surface area contributed by atoms with Gasteiger partial charge in [0.25, 0.3) is 0 Å². The van der Waals surface area contributed by atoms with Gasteiger partial charge in [0.2, 0.25) is 0 Å². The van der Waals surface area contributed by atoms with Gasteiger partial charge in [0.15, 0.2) is 0 Å². The molecule has 0 bridgehead atoms. The van der Waals surface area contributed by atoms with Crippen LogP contribution in [-0.4, -0.2) is 36.2 Å². The third-order valence-corrected chi connectivity index (χ3v) is 3.28. The van der Waals surface area contributed by atoms with Crippen molar-refractivity contribution in [2.75, 3.05) is 26.2 Å². The molecule has 0 saturated heterocycles. The second-order valence-corrected chi connectivity index (χ2v) is 4.86. The molecule has 1 aromatic rings. The Morgan fingerprint density at radius 1 is 0.944 bits per heavy atom. The number of aliphatic hydroxyl groups is 1. The van der Waals surface area contributed by atoms with Crippen molar-refractivity contribution in [3.05, 3.63) is 35.9 Å². The molecule has 0 spiro atoms. The molecule has 0 unspecified atom stereocenters. The van der Waals surface area contributed by atoms with Crippen LogP contribution in [0.15, 0.2) is 30.3 Å². The highest BCUT2D eigenvalue weighted by Crippen LogP contribution is 2.06. The second-order valence-electron chi connectivity index (χ2n) is 4.86. The van der Waals surface area contributed by atoms with E-state index in [0.29, 0.717) is 0 Å². The average Bonchev–Trinajstić information content (AvgIpc) is 2.42. The Bertz CT molecular complexity index is 286. The summed E-state index contributed by atoms with van der Waals surface area (Å²) >= 11 is 0. The maximum atomic E-state index is 9.03. The molecule has 0 aliphatic carbocycles. The van der Waals surface area contributed by atoms with Crippen LogP contribution in [0.25, 0.3) is 0 Å². The minimum atomic E-state index is 0.280.